The van der Waals surface area contributed by atoms with Crippen molar-refractivity contribution < 1.29 is 14.3 Å². The molecule has 7 rings (SSSR count). The van der Waals surface area contributed by atoms with Crippen LogP contribution in [0.25, 0.3) is 0 Å². The quantitative estimate of drug-likeness (QED) is 0.404. The van der Waals surface area contributed by atoms with Gasteiger partial charge in [-0.25, -0.2) is 0 Å². The summed E-state index contributed by atoms with van der Waals surface area (Å²) in [5.74, 6) is 0.996. The number of hydrogen-bond acceptors (Lipinski definition) is 4. The van der Waals surface area contributed by atoms with Crippen LogP contribution in [0.4, 0.5) is 11.4 Å². The fraction of sp³-hybridized carbons (Fsp3) is 0.444. The van der Waals surface area contributed by atoms with E-state index in [0.717, 1.165) is 81.8 Å². The summed E-state index contributed by atoms with van der Waals surface area (Å²) in [5, 5.41) is 3.30. The molecule has 0 aromatic heterocycles. The van der Waals surface area contributed by atoms with Gasteiger partial charge in [0.25, 0.3) is 0 Å². The number of hydrogen-bond donors (Lipinski definition) is 1. The van der Waals surface area contributed by atoms with Crippen LogP contribution >= 0.6 is 0 Å². The van der Waals surface area contributed by atoms with Crippen molar-refractivity contribution in [1.29, 1.82) is 0 Å². The van der Waals surface area contributed by atoms with Crippen LogP contribution in [-0.2, 0) is 33.6 Å². The van der Waals surface area contributed by atoms with Gasteiger partial charge in [0.15, 0.2) is 0 Å². The Labute approximate surface area is 249 Å². The average molecular weight is 564 g/mol. The number of nitrogens with zero attached hydrogens (tertiary/aromatic N) is 2. The van der Waals surface area contributed by atoms with Crippen LogP contribution in [0.3, 0.4) is 0 Å². The predicted octanol–water partition coefficient (Wildman–Crippen LogP) is 5.65. The fourth-order valence-corrected chi connectivity index (χ4v) is 7.73. The maximum absolute atomic E-state index is 14.6. The Morgan fingerprint density at radius 2 is 1.50 bits per heavy atom. The Bertz CT molecular complexity index is 1410. The van der Waals surface area contributed by atoms with Crippen LogP contribution in [0.15, 0.2) is 78.9 Å². The van der Waals surface area contributed by atoms with Crippen molar-refractivity contribution in [3.8, 4) is 0 Å². The summed E-state index contributed by atoms with van der Waals surface area (Å²) in [6, 6.07) is 27.1. The first-order valence-corrected chi connectivity index (χ1v) is 15.8. The van der Waals surface area contributed by atoms with Crippen LogP contribution in [0, 0.1) is 11.8 Å². The maximum Gasteiger partial charge on any atom is 0.250 e. The number of morpholine rings is 1. The molecule has 2 amide bonds. The van der Waals surface area contributed by atoms with Crippen molar-refractivity contribution in [2.45, 2.75) is 62.9 Å². The molecule has 1 saturated heterocycles. The van der Waals surface area contributed by atoms with Crippen molar-refractivity contribution in [2.75, 3.05) is 36.5 Å². The van der Waals surface area contributed by atoms with Crippen molar-refractivity contribution in [3.63, 3.8) is 0 Å². The molecule has 6 heteroatoms. The molecule has 0 unspecified atom stereocenters. The number of benzene rings is 3. The Morgan fingerprint density at radius 1 is 0.833 bits per heavy atom. The van der Waals surface area contributed by atoms with E-state index in [1.54, 1.807) is 0 Å². The summed E-state index contributed by atoms with van der Waals surface area (Å²) in [6.45, 7) is 3.23. The second-order valence-corrected chi connectivity index (χ2v) is 12.7. The highest BCUT2D eigenvalue weighted by Crippen LogP contribution is 2.49. The molecule has 3 aliphatic carbocycles. The standard InChI is InChI=1S/C36H41N3O3/c40-34(22-26-6-2-1-3-7-26)39(33-14-15-33)36(17-16-29-23-27-8-4-5-9-28(27)24-30(29)25-36)35(41)37-31-10-12-32(13-11-31)38-18-20-42-21-19-38/h1-13,29-30,33H,14-25H2,(H,37,41)/t29-,30-,36-/m1/s1. The molecular weight excluding hydrogens is 522 g/mol. The number of carbonyl (C=O) groups is 2. The summed E-state index contributed by atoms with van der Waals surface area (Å²) in [7, 11) is 0. The molecule has 1 N–H and O–H groups in total. The van der Waals surface area contributed by atoms with Gasteiger partial charge in [0, 0.05) is 30.5 Å². The summed E-state index contributed by atoms with van der Waals surface area (Å²) in [5.41, 5.74) is 4.95. The number of rotatable bonds is 7. The van der Waals surface area contributed by atoms with E-state index in [1.165, 1.54) is 11.1 Å². The third kappa shape index (κ3) is 5.45. The van der Waals surface area contributed by atoms with Gasteiger partial charge in [-0.3, -0.25) is 9.59 Å². The summed E-state index contributed by atoms with van der Waals surface area (Å²) < 4.78 is 5.51. The highest BCUT2D eigenvalue weighted by atomic mass is 16.5. The molecule has 3 fully saturated rings. The Balaban J connectivity index is 1.18. The zero-order chi connectivity index (χ0) is 28.5. The number of ether oxygens (including phenoxy) is 1. The largest absolute Gasteiger partial charge is 0.378 e. The molecule has 6 nitrogen and oxygen atoms in total. The zero-order valence-electron chi connectivity index (χ0n) is 24.3. The van der Waals surface area contributed by atoms with E-state index < -0.39 is 5.54 Å². The number of amides is 2. The van der Waals surface area contributed by atoms with Crippen molar-refractivity contribution in [2.24, 2.45) is 11.8 Å². The molecule has 3 aromatic carbocycles. The van der Waals surface area contributed by atoms with Gasteiger partial charge in [-0.2, -0.15) is 0 Å². The monoisotopic (exact) mass is 563 g/mol. The number of fused-ring (bicyclic) bond motifs is 2. The molecule has 0 radical (unpaired) electrons. The maximum atomic E-state index is 14.6. The number of anilines is 2. The van der Waals surface area contributed by atoms with Crippen molar-refractivity contribution in [3.05, 3.63) is 95.6 Å². The first kappa shape index (κ1) is 27.2. The second kappa shape index (κ2) is 11.6. The fourth-order valence-electron chi connectivity index (χ4n) is 7.73. The summed E-state index contributed by atoms with van der Waals surface area (Å²) in [6.07, 6.45) is 6.73. The minimum Gasteiger partial charge on any atom is -0.378 e. The SMILES string of the molecule is O=C(Cc1ccccc1)N(C1CC1)[C@]1(C(=O)Nc2ccc(N3CCOCC3)cc2)CC[C@@H]2Cc3ccccc3C[C@@H]2C1. The van der Waals surface area contributed by atoms with Crippen molar-refractivity contribution >= 4 is 23.2 Å². The van der Waals surface area contributed by atoms with Gasteiger partial charge in [0.1, 0.15) is 5.54 Å². The van der Waals surface area contributed by atoms with E-state index in [-0.39, 0.29) is 17.9 Å². The minimum atomic E-state index is -0.844. The van der Waals surface area contributed by atoms with Crippen LogP contribution < -0.4 is 10.2 Å². The topological polar surface area (TPSA) is 61.9 Å². The molecule has 1 heterocycles. The van der Waals surface area contributed by atoms with E-state index in [0.29, 0.717) is 24.7 Å². The summed E-state index contributed by atoms with van der Waals surface area (Å²) in [4.78, 5) is 33.1. The predicted molar refractivity (Wildman–Crippen MR) is 166 cm³/mol. The molecule has 3 aromatic rings. The third-order valence-electron chi connectivity index (χ3n) is 10.0. The highest BCUT2D eigenvalue weighted by molar-refractivity contribution is 6.01. The molecule has 1 aliphatic heterocycles. The van der Waals surface area contributed by atoms with Crippen LogP contribution in [-0.4, -0.2) is 54.6 Å². The van der Waals surface area contributed by atoms with Crippen molar-refractivity contribution in [1.82, 2.24) is 4.90 Å². The molecule has 0 bridgehead atoms. The van der Waals surface area contributed by atoms with Gasteiger partial charge < -0.3 is 19.9 Å². The third-order valence-corrected chi connectivity index (χ3v) is 10.0. The molecular formula is C36H41N3O3. The lowest BCUT2D eigenvalue weighted by atomic mass is 9.62. The van der Waals surface area contributed by atoms with E-state index in [1.807, 2.05) is 47.4 Å². The van der Waals surface area contributed by atoms with Crippen LogP contribution in [0.5, 0.6) is 0 Å². The second-order valence-electron chi connectivity index (χ2n) is 12.7. The van der Waals surface area contributed by atoms with Crippen LogP contribution in [0.2, 0.25) is 0 Å². The van der Waals surface area contributed by atoms with Gasteiger partial charge in [-0.1, -0.05) is 54.6 Å². The normalized spacial score (nSPS) is 25.2. The molecule has 42 heavy (non-hydrogen) atoms. The zero-order valence-corrected chi connectivity index (χ0v) is 24.3. The highest BCUT2D eigenvalue weighted by Gasteiger charge is 2.55. The van der Waals surface area contributed by atoms with E-state index >= 15 is 0 Å². The molecule has 218 valence electrons. The van der Waals surface area contributed by atoms with E-state index in [2.05, 4.69) is 46.6 Å². The van der Waals surface area contributed by atoms with Gasteiger partial charge in [-0.05, 0) is 97.7 Å². The minimum absolute atomic E-state index is 0.0211. The van der Waals surface area contributed by atoms with Crippen LogP contribution in [0.1, 0.15) is 48.8 Å². The lowest BCUT2D eigenvalue weighted by Gasteiger charge is -2.51. The Kier molecular flexibility index (Phi) is 7.49. The van der Waals surface area contributed by atoms with E-state index in [9.17, 15) is 9.59 Å². The molecule has 4 aliphatic rings. The molecule has 3 atom stereocenters. The smallest absolute Gasteiger partial charge is 0.250 e. The molecule has 0 spiro atoms. The summed E-state index contributed by atoms with van der Waals surface area (Å²) >= 11 is 0. The number of nitrogens with one attached hydrogen (secondary N) is 1. The van der Waals surface area contributed by atoms with Gasteiger partial charge in [0.05, 0.1) is 19.6 Å². The lowest BCUT2D eigenvalue weighted by molar-refractivity contribution is -0.150. The van der Waals surface area contributed by atoms with E-state index in [4.69, 9.17) is 4.74 Å². The Morgan fingerprint density at radius 3 is 2.19 bits per heavy atom. The van der Waals surface area contributed by atoms with Gasteiger partial charge >= 0.3 is 0 Å². The first-order chi connectivity index (χ1) is 20.6. The number of carbonyl (C=O) groups excluding carboxylic acids is 2. The average Bonchev–Trinajstić information content (AvgIpc) is 3.86. The van der Waals surface area contributed by atoms with Gasteiger partial charge in [-0.15, -0.1) is 0 Å². The lowest BCUT2D eigenvalue weighted by Crippen LogP contribution is -2.63. The molecule has 2 saturated carbocycles. The first-order valence-electron chi connectivity index (χ1n) is 15.8. The van der Waals surface area contributed by atoms with Gasteiger partial charge in [0.2, 0.25) is 11.8 Å². The Hall–Kier alpha value is -3.64.